The van der Waals surface area contributed by atoms with Crippen molar-refractivity contribution in [2.24, 2.45) is 0 Å². The molecule has 0 fully saturated rings. The highest BCUT2D eigenvalue weighted by molar-refractivity contribution is 7.58. The van der Waals surface area contributed by atoms with Gasteiger partial charge in [-0.2, -0.15) is 5.75 Å². The molecule has 0 aromatic rings. The van der Waals surface area contributed by atoms with E-state index in [2.05, 4.69) is 6.92 Å². The molecule has 0 bridgehead atoms. The van der Waals surface area contributed by atoms with E-state index in [1.165, 1.54) is 128 Å². The van der Waals surface area contributed by atoms with Crippen molar-refractivity contribution in [1.29, 1.82) is 0 Å². The first-order chi connectivity index (χ1) is 11.4. The molecule has 0 N–H and O–H groups in total. The van der Waals surface area contributed by atoms with Crippen LogP contribution >= 0.6 is 0 Å². The molecule has 0 rings (SSSR count). The standard InChI is InChI=1S/C22H46S/c1-2-3-4-5-6-7-8-9-10-11-12-13-14-15-16-17-18-19-20-21-22-23/h23H,2-22H2,1H3/p-1. The van der Waals surface area contributed by atoms with Crippen molar-refractivity contribution in [1.82, 2.24) is 0 Å². The lowest BCUT2D eigenvalue weighted by Gasteiger charge is -2.04. The normalized spacial score (nSPS) is 11.2. The van der Waals surface area contributed by atoms with Gasteiger partial charge in [-0.05, 0) is 0 Å². The van der Waals surface area contributed by atoms with Crippen LogP contribution in [-0.4, -0.2) is 5.75 Å². The van der Waals surface area contributed by atoms with Crippen LogP contribution in [0.5, 0.6) is 0 Å². The monoisotopic (exact) mass is 341 g/mol. The lowest BCUT2D eigenvalue weighted by atomic mass is 10.0. The first kappa shape index (κ1) is 23.4. The van der Waals surface area contributed by atoms with Gasteiger partial charge in [0.15, 0.2) is 0 Å². The first-order valence-electron chi connectivity index (χ1n) is 11.0. The lowest BCUT2D eigenvalue weighted by molar-refractivity contribution is 0.523. The highest BCUT2D eigenvalue weighted by Gasteiger charge is 1.94. The van der Waals surface area contributed by atoms with Crippen molar-refractivity contribution >= 4 is 12.6 Å². The van der Waals surface area contributed by atoms with Crippen molar-refractivity contribution in [2.75, 3.05) is 5.75 Å². The van der Waals surface area contributed by atoms with E-state index in [1.807, 2.05) is 0 Å². The van der Waals surface area contributed by atoms with E-state index in [4.69, 9.17) is 12.6 Å². The molecule has 0 unspecified atom stereocenters. The molecule has 0 saturated carbocycles. The minimum absolute atomic E-state index is 0.957. The number of hydrogen-bond donors (Lipinski definition) is 0. The van der Waals surface area contributed by atoms with Gasteiger partial charge in [-0.3, -0.25) is 0 Å². The zero-order chi connectivity index (χ0) is 16.8. The lowest BCUT2D eigenvalue weighted by Crippen LogP contribution is -1.84. The Morgan fingerprint density at radius 2 is 0.565 bits per heavy atom. The molecule has 0 aliphatic heterocycles. The summed E-state index contributed by atoms with van der Waals surface area (Å²) in [6.07, 6.45) is 28.9. The zero-order valence-electron chi connectivity index (χ0n) is 16.3. The average Bonchev–Trinajstić information content (AvgIpc) is 2.57. The third kappa shape index (κ3) is 22.4. The van der Waals surface area contributed by atoms with E-state index in [9.17, 15) is 0 Å². The topological polar surface area (TPSA) is 0 Å². The van der Waals surface area contributed by atoms with E-state index in [1.54, 1.807) is 0 Å². The fourth-order valence-electron chi connectivity index (χ4n) is 3.36. The van der Waals surface area contributed by atoms with E-state index in [-0.39, 0.29) is 0 Å². The minimum Gasteiger partial charge on any atom is -0.793 e. The minimum atomic E-state index is 0.957. The van der Waals surface area contributed by atoms with Gasteiger partial charge >= 0.3 is 0 Å². The van der Waals surface area contributed by atoms with Gasteiger partial charge in [-0.15, -0.1) is 0 Å². The molecular weight excluding hydrogens is 296 g/mol. The van der Waals surface area contributed by atoms with Crippen LogP contribution in [0.25, 0.3) is 0 Å². The van der Waals surface area contributed by atoms with Gasteiger partial charge in [0.1, 0.15) is 0 Å². The molecule has 0 atom stereocenters. The van der Waals surface area contributed by atoms with E-state index in [0.717, 1.165) is 5.75 Å². The molecule has 0 aliphatic rings. The fourth-order valence-corrected chi connectivity index (χ4v) is 3.56. The van der Waals surface area contributed by atoms with Gasteiger partial charge in [-0.25, -0.2) is 0 Å². The summed E-state index contributed by atoms with van der Waals surface area (Å²) in [4.78, 5) is 0. The van der Waals surface area contributed by atoms with E-state index >= 15 is 0 Å². The highest BCUT2D eigenvalue weighted by Crippen LogP contribution is 2.14. The Morgan fingerprint density at radius 3 is 0.783 bits per heavy atom. The SMILES string of the molecule is CCCCCCCCCCCCCCCCCCCCCC[S-]. The number of hydrogen-bond acceptors (Lipinski definition) is 1. The molecule has 0 heterocycles. The molecular formula is C22H45S-. The van der Waals surface area contributed by atoms with Crippen LogP contribution in [0.2, 0.25) is 0 Å². The van der Waals surface area contributed by atoms with Crippen molar-refractivity contribution in [3.8, 4) is 0 Å². The predicted octanol–water partition coefficient (Wildman–Crippen LogP) is 8.36. The highest BCUT2D eigenvalue weighted by atomic mass is 32.1. The van der Waals surface area contributed by atoms with Crippen molar-refractivity contribution in [2.45, 2.75) is 135 Å². The summed E-state index contributed by atoms with van der Waals surface area (Å²) >= 11 is 4.97. The summed E-state index contributed by atoms with van der Waals surface area (Å²) in [6.45, 7) is 2.30. The summed E-state index contributed by atoms with van der Waals surface area (Å²) in [6, 6.07) is 0. The Balaban J connectivity index is 2.92. The second kappa shape index (κ2) is 22.4. The predicted molar refractivity (Wildman–Crippen MR) is 110 cm³/mol. The molecule has 0 aromatic heterocycles. The van der Waals surface area contributed by atoms with Gasteiger partial charge in [-0.1, -0.05) is 135 Å². The summed E-state index contributed by atoms with van der Waals surface area (Å²) in [7, 11) is 0. The largest absolute Gasteiger partial charge is 0.793 e. The van der Waals surface area contributed by atoms with Crippen LogP contribution in [0.15, 0.2) is 0 Å². The Morgan fingerprint density at radius 1 is 0.348 bits per heavy atom. The Hall–Kier alpha value is 0.350. The summed E-state index contributed by atoms with van der Waals surface area (Å²) in [5.41, 5.74) is 0. The second-order valence-electron chi connectivity index (χ2n) is 7.42. The van der Waals surface area contributed by atoms with Gasteiger partial charge in [0.2, 0.25) is 0 Å². The third-order valence-corrected chi connectivity index (χ3v) is 5.29. The van der Waals surface area contributed by atoms with Crippen LogP contribution in [-0.2, 0) is 12.6 Å². The average molecular weight is 342 g/mol. The fraction of sp³-hybridized carbons (Fsp3) is 1.00. The molecule has 0 aromatic carbocycles. The van der Waals surface area contributed by atoms with Crippen LogP contribution in [0.1, 0.15) is 135 Å². The Kier molecular flexibility index (Phi) is 22.7. The van der Waals surface area contributed by atoms with Crippen molar-refractivity contribution in [3.63, 3.8) is 0 Å². The molecule has 0 aliphatic carbocycles. The van der Waals surface area contributed by atoms with Gasteiger partial charge in [0.05, 0.1) is 0 Å². The molecule has 23 heavy (non-hydrogen) atoms. The van der Waals surface area contributed by atoms with Crippen LogP contribution < -0.4 is 0 Å². The smallest absolute Gasteiger partial charge is 0.0533 e. The Labute approximate surface area is 154 Å². The van der Waals surface area contributed by atoms with Crippen molar-refractivity contribution in [3.05, 3.63) is 0 Å². The maximum atomic E-state index is 4.97. The molecule has 0 saturated heterocycles. The van der Waals surface area contributed by atoms with Crippen LogP contribution in [0.3, 0.4) is 0 Å². The second-order valence-corrected chi connectivity index (χ2v) is 7.83. The maximum absolute atomic E-state index is 4.97. The molecule has 140 valence electrons. The number of rotatable bonds is 20. The quantitative estimate of drug-likeness (QED) is 0.158. The van der Waals surface area contributed by atoms with E-state index < -0.39 is 0 Å². The number of unbranched alkanes of at least 4 members (excludes halogenated alkanes) is 19. The maximum Gasteiger partial charge on any atom is -0.0533 e. The third-order valence-electron chi connectivity index (χ3n) is 5.00. The molecule has 0 spiro atoms. The molecule has 0 amide bonds. The van der Waals surface area contributed by atoms with Gasteiger partial charge in [0, 0.05) is 0 Å². The molecule has 0 radical (unpaired) electrons. The van der Waals surface area contributed by atoms with Gasteiger partial charge in [0.25, 0.3) is 0 Å². The van der Waals surface area contributed by atoms with Crippen LogP contribution in [0.4, 0.5) is 0 Å². The summed E-state index contributed by atoms with van der Waals surface area (Å²) < 4.78 is 0. The Bertz CT molecular complexity index is 170. The van der Waals surface area contributed by atoms with E-state index in [0.29, 0.717) is 0 Å². The molecule has 0 nitrogen and oxygen atoms in total. The first-order valence-corrected chi connectivity index (χ1v) is 11.6. The van der Waals surface area contributed by atoms with Gasteiger partial charge < -0.3 is 12.6 Å². The summed E-state index contributed by atoms with van der Waals surface area (Å²) in [5.74, 6) is 0.957. The molecule has 1 heteroatoms. The van der Waals surface area contributed by atoms with Crippen LogP contribution in [0, 0.1) is 0 Å². The van der Waals surface area contributed by atoms with Crippen molar-refractivity contribution < 1.29 is 0 Å². The summed E-state index contributed by atoms with van der Waals surface area (Å²) in [5, 5.41) is 0. The zero-order valence-corrected chi connectivity index (χ0v) is 17.1.